The first-order valence-corrected chi connectivity index (χ1v) is 15.2. The third-order valence-corrected chi connectivity index (χ3v) is 8.22. The molecule has 5 rings (SSSR count). The van der Waals surface area contributed by atoms with Crippen molar-refractivity contribution in [3.63, 3.8) is 0 Å². The summed E-state index contributed by atoms with van der Waals surface area (Å²) < 4.78 is 6.08. The summed E-state index contributed by atoms with van der Waals surface area (Å²) in [4.78, 5) is 45.8. The van der Waals surface area contributed by atoms with E-state index in [1.165, 1.54) is 11.0 Å². The van der Waals surface area contributed by atoms with Crippen molar-refractivity contribution in [2.24, 2.45) is 0 Å². The van der Waals surface area contributed by atoms with Crippen molar-refractivity contribution in [1.29, 1.82) is 0 Å². The first kappa shape index (κ1) is 31.8. The number of hydrogen-bond acceptors (Lipinski definition) is 5. The van der Waals surface area contributed by atoms with E-state index in [0.29, 0.717) is 40.7 Å². The van der Waals surface area contributed by atoms with Gasteiger partial charge < -0.3 is 19.9 Å². The Bertz CT molecular complexity index is 1800. The minimum Gasteiger partial charge on any atom is -0.487 e. The molecule has 1 aromatic heterocycles. The molecule has 230 valence electrons. The highest BCUT2D eigenvalue weighted by Crippen LogP contribution is 2.35. The van der Waals surface area contributed by atoms with Crippen molar-refractivity contribution in [3.05, 3.63) is 117 Å². The molecule has 2 heterocycles. The van der Waals surface area contributed by atoms with E-state index >= 15 is 0 Å². The topological polar surface area (TPSA) is 91.8 Å². The molecule has 0 unspecified atom stereocenters. The molecule has 3 aromatic carbocycles. The van der Waals surface area contributed by atoms with Crippen LogP contribution in [-0.2, 0) is 16.2 Å². The molecule has 45 heavy (non-hydrogen) atoms. The minimum atomic E-state index is -0.438. The van der Waals surface area contributed by atoms with Gasteiger partial charge in [0.05, 0.1) is 17.3 Å². The van der Waals surface area contributed by atoms with Gasteiger partial charge in [0, 0.05) is 53.4 Å². The van der Waals surface area contributed by atoms with Crippen molar-refractivity contribution in [2.45, 2.75) is 20.0 Å². The molecule has 4 aromatic rings. The van der Waals surface area contributed by atoms with Crippen molar-refractivity contribution in [3.8, 4) is 5.75 Å². The number of carbonyl (C=O) groups is 3. The van der Waals surface area contributed by atoms with Gasteiger partial charge in [-0.1, -0.05) is 65.7 Å². The third kappa shape index (κ3) is 7.71. The van der Waals surface area contributed by atoms with Gasteiger partial charge in [-0.05, 0) is 61.4 Å². The van der Waals surface area contributed by atoms with E-state index in [9.17, 15) is 14.4 Å². The molecule has 0 bridgehead atoms. The number of nitrogens with one attached hydrogen (secondary N) is 1. The first-order chi connectivity index (χ1) is 21.7. The number of benzene rings is 3. The number of pyridine rings is 1. The van der Waals surface area contributed by atoms with Gasteiger partial charge >= 0.3 is 0 Å². The SMILES string of the molecule is Cc1ccc2cccc(OCc3c(Cl)ccc(N(C)C(=O)CNC(=O)/C=C/c4ccc(C(=O)N5CC=CCC5)cc4)c3Cl)c2n1. The van der Waals surface area contributed by atoms with E-state index in [1.54, 1.807) is 54.4 Å². The van der Waals surface area contributed by atoms with Crippen LogP contribution < -0.4 is 15.0 Å². The fourth-order valence-corrected chi connectivity index (χ4v) is 5.46. The Kier molecular flexibility index (Phi) is 10.2. The molecule has 0 saturated heterocycles. The Hall–Kier alpha value is -4.66. The molecule has 10 heteroatoms. The van der Waals surface area contributed by atoms with E-state index in [-0.39, 0.29) is 30.0 Å². The van der Waals surface area contributed by atoms with Crippen molar-refractivity contribution < 1.29 is 19.1 Å². The molecule has 0 saturated carbocycles. The van der Waals surface area contributed by atoms with Gasteiger partial charge in [-0.3, -0.25) is 14.4 Å². The smallest absolute Gasteiger partial charge is 0.254 e. The molecule has 1 aliphatic rings. The zero-order valence-electron chi connectivity index (χ0n) is 24.9. The maximum absolute atomic E-state index is 13.0. The van der Waals surface area contributed by atoms with Gasteiger partial charge in [-0.25, -0.2) is 4.98 Å². The lowest BCUT2D eigenvalue weighted by atomic mass is 10.1. The van der Waals surface area contributed by atoms with Crippen LogP contribution in [0.4, 0.5) is 5.69 Å². The Balaban J connectivity index is 1.17. The molecule has 0 atom stereocenters. The molecular weight excluding hydrogens is 611 g/mol. The highest BCUT2D eigenvalue weighted by atomic mass is 35.5. The van der Waals surface area contributed by atoms with Crippen LogP contribution in [0.1, 0.15) is 33.6 Å². The lowest BCUT2D eigenvalue weighted by Crippen LogP contribution is -2.37. The number of hydrogen-bond donors (Lipinski definition) is 1. The Morgan fingerprint density at radius 2 is 1.82 bits per heavy atom. The standard InChI is InChI=1S/C35H32Cl2N4O4/c1-23-9-13-25-7-6-8-30(34(25)39-23)45-22-27-28(36)16-17-29(33(27)37)40(2)32(43)21-38-31(42)18-12-24-10-14-26(15-11-24)35(44)41-19-4-3-5-20-41/h3-4,6-18H,5,19-22H2,1-2H3,(H,38,42)/b18-12+. The summed E-state index contributed by atoms with van der Waals surface area (Å²) in [5, 5.41) is 4.22. The summed E-state index contributed by atoms with van der Waals surface area (Å²) in [6, 6.07) is 19.9. The predicted octanol–water partition coefficient (Wildman–Crippen LogP) is 6.62. The number of rotatable bonds is 9. The van der Waals surface area contributed by atoms with Crippen LogP contribution >= 0.6 is 23.2 Å². The monoisotopic (exact) mass is 642 g/mol. The molecule has 0 radical (unpaired) electrons. The third-order valence-electron chi connectivity index (χ3n) is 7.44. The number of ether oxygens (including phenoxy) is 1. The zero-order chi connectivity index (χ0) is 31.9. The average molecular weight is 644 g/mol. The lowest BCUT2D eigenvalue weighted by molar-refractivity contribution is -0.122. The number of anilines is 1. The maximum Gasteiger partial charge on any atom is 0.254 e. The summed E-state index contributed by atoms with van der Waals surface area (Å²) in [6.45, 7) is 3.04. The van der Waals surface area contributed by atoms with Crippen molar-refractivity contribution in [1.82, 2.24) is 15.2 Å². The maximum atomic E-state index is 13.0. The molecule has 0 fully saturated rings. The van der Waals surface area contributed by atoms with Gasteiger partial charge in [-0.15, -0.1) is 0 Å². The number of nitrogens with zero attached hydrogens (tertiary/aromatic N) is 3. The predicted molar refractivity (Wildman–Crippen MR) is 179 cm³/mol. The number of likely N-dealkylation sites (N-methyl/N-ethyl adjacent to an activating group) is 1. The fourth-order valence-electron chi connectivity index (χ4n) is 4.85. The number of amides is 3. The van der Waals surface area contributed by atoms with Gasteiger partial charge in [0.2, 0.25) is 11.8 Å². The normalized spacial score (nSPS) is 12.8. The number of fused-ring (bicyclic) bond motifs is 1. The first-order valence-electron chi connectivity index (χ1n) is 14.4. The molecule has 0 spiro atoms. The minimum absolute atomic E-state index is 0.0205. The number of carbonyl (C=O) groups excluding carboxylic acids is 3. The van der Waals surface area contributed by atoms with Gasteiger partial charge in [0.1, 0.15) is 17.9 Å². The number of aryl methyl sites for hydroxylation is 1. The van der Waals surface area contributed by atoms with E-state index in [4.69, 9.17) is 27.9 Å². The van der Waals surface area contributed by atoms with Gasteiger partial charge in [-0.2, -0.15) is 0 Å². The number of halogens is 2. The van der Waals surface area contributed by atoms with Crippen molar-refractivity contribution in [2.75, 3.05) is 31.6 Å². The second-order valence-corrected chi connectivity index (χ2v) is 11.4. The summed E-state index contributed by atoms with van der Waals surface area (Å²) in [6.07, 6.45) is 7.88. The summed E-state index contributed by atoms with van der Waals surface area (Å²) in [5.41, 5.74) is 3.89. The quantitative estimate of drug-likeness (QED) is 0.164. The van der Waals surface area contributed by atoms with E-state index < -0.39 is 5.91 Å². The molecular formula is C35H32Cl2N4O4. The van der Waals surface area contributed by atoms with Gasteiger partial charge in [0.15, 0.2) is 0 Å². The highest BCUT2D eigenvalue weighted by Gasteiger charge is 2.20. The number of para-hydroxylation sites is 1. The van der Waals surface area contributed by atoms with Crippen molar-refractivity contribution >= 4 is 63.6 Å². The molecule has 8 nitrogen and oxygen atoms in total. The second kappa shape index (κ2) is 14.4. The summed E-state index contributed by atoms with van der Waals surface area (Å²) in [5.74, 6) is -0.245. The van der Waals surface area contributed by atoms with Crippen LogP contribution in [0.15, 0.2) is 85.0 Å². The Morgan fingerprint density at radius 1 is 1.02 bits per heavy atom. The lowest BCUT2D eigenvalue weighted by Gasteiger charge is -2.23. The molecule has 1 N–H and O–H groups in total. The molecule has 1 aliphatic heterocycles. The summed E-state index contributed by atoms with van der Waals surface area (Å²) >= 11 is 13.2. The highest BCUT2D eigenvalue weighted by molar-refractivity contribution is 6.38. The number of aromatic nitrogens is 1. The van der Waals surface area contributed by atoms with E-state index in [1.807, 2.05) is 43.3 Å². The Morgan fingerprint density at radius 3 is 2.58 bits per heavy atom. The fraction of sp³-hybridized carbons (Fsp3) is 0.200. The van der Waals surface area contributed by atoms with Crippen LogP contribution in [0, 0.1) is 6.92 Å². The largest absolute Gasteiger partial charge is 0.487 e. The van der Waals surface area contributed by atoms with E-state index in [0.717, 1.165) is 28.6 Å². The van der Waals surface area contributed by atoms with Crippen LogP contribution in [0.3, 0.4) is 0 Å². The average Bonchev–Trinajstić information content (AvgIpc) is 3.06. The van der Waals surface area contributed by atoms with Crippen LogP contribution in [0.2, 0.25) is 10.0 Å². The van der Waals surface area contributed by atoms with Crippen LogP contribution in [0.25, 0.3) is 17.0 Å². The second-order valence-electron chi connectivity index (χ2n) is 10.6. The summed E-state index contributed by atoms with van der Waals surface area (Å²) in [7, 11) is 1.57. The van der Waals surface area contributed by atoms with E-state index in [2.05, 4.69) is 16.4 Å². The van der Waals surface area contributed by atoms with Crippen LogP contribution in [0.5, 0.6) is 5.75 Å². The molecule has 0 aliphatic carbocycles. The van der Waals surface area contributed by atoms with Crippen LogP contribution in [-0.4, -0.2) is 54.3 Å². The molecule has 3 amide bonds. The zero-order valence-corrected chi connectivity index (χ0v) is 26.4. The Labute approximate surface area is 271 Å². The van der Waals surface area contributed by atoms with Gasteiger partial charge in [0.25, 0.3) is 5.91 Å².